The zero-order valence-corrected chi connectivity index (χ0v) is 20.5. The minimum atomic E-state index is -4.55. The van der Waals surface area contributed by atoms with Crippen LogP contribution in [0.4, 0.5) is 18.9 Å². The molecule has 1 saturated heterocycles. The summed E-state index contributed by atoms with van der Waals surface area (Å²) in [6.45, 7) is 3.22. The number of H-pyrrole nitrogens is 1. The number of fused-ring (bicyclic) bond motifs is 1. The summed E-state index contributed by atoms with van der Waals surface area (Å²) in [5, 5.41) is 10.3. The Morgan fingerprint density at radius 1 is 1.05 bits per heavy atom. The summed E-state index contributed by atoms with van der Waals surface area (Å²) in [5.41, 5.74) is 1.39. The number of hydrogen-bond donors (Lipinski definition) is 2. The molecule has 1 aromatic carbocycles. The third kappa shape index (κ3) is 5.82. The zero-order chi connectivity index (χ0) is 26.7. The van der Waals surface area contributed by atoms with Gasteiger partial charge in [-0.3, -0.25) is 24.8 Å². The summed E-state index contributed by atoms with van der Waals surface area (Å²) in [5.74, 6) is 5.32. The van der Waals surface area contributed by atoms with E-state index in [1.807, 2.05) is 11.9 Å². The highest BCUT2D eigenvalue weighted by atomic mass is 19.4. The van der Waals surface area contributed by atoms with E-state index in [0.717, 1.165) is 24.5 Å². The van der Waals surface area contributed by atoms with Crippen molar-refractivity contribution in [3.05, 3.63) is 83.1 Å². The summed E-state index contributed by atoms with van der Waals surface area (Å²) in [4.78, 5) is 25.1. The van der Waals surface area contributed by atoms with Crippen molar-refractivity contribution >= 4 is 22.5 Å². The lowest BCUT2D eigenvalue weighted by Crippen LogP contribution is -2.44. The molecule has 1 fully saturated rings. The fraction of sp³-hybridized carbons (Fsp3) is 0.259. The monoisotopic (exact) mass is 519 g/mol. The minimum Gasteiger partial charge on any atom is -0.322 e. The van der Waals surface area contributed by atoms with Gasteiger partial charge in [0.05, 0.1) is 17.3 Å². The molecule has 38 heavy (non-hydrogen) atoms. The van der Waals surface area contributed by atoms with Gasteiger partial charge in [-0.15, -0.1) is 0 Å². The van der Waals surface area contributed by atoms with E-state index in [2.05, 4.69) is 42.2 Å². The van der Waals surface area contributed by atoms with Gasteiger partial charge in [0, 0.05) is 68.0 Å². The molecule has 1 amide bonds. The average molecular weight is 520 g/mol. The van der Waals surface area contributed by atoms with Crippen molar-refractivity contribution in [3.8, 4) is 11.8 Å². The molecule has 194 valence electrons. The van der Waals surface area contributed by atoms with E-state index in [-0.39, 0.29) is 23.4 Å². The summed E-state index contributed by atoms with van der Waals surface area (Å²) in [7, 11) is 1.99. The molecule has 0 saturated carbocycles. The maximum absolute atomic E-state index is 13.9. The van der Waals surface area contributed by atoms with Gasteiger partial charge in [-0.25, -0.2) is 0 Å². The van der Waals surface area contributed by atoms with Crippen LogP contribution >= 0.6 is 0 Å². The average Bonchev–Trinajstić information content (AvgIpc) is 3.32. The van der Waals surface area contributed by atoms with Crippen LogP contribution in [0.1, 0.15) is 32.7 Å². The van der Waals surface area contributed by atoms with Gasteiger partial charge in [0.2, 0.25) is 0 Å². The lowest BCUT2D eigenvalue weighted by atomic mass is 10.0. The van der Waals surface area contributed by atoms with Crippen LogP contribution < -0.4 is 5.32 Å². The van der Waals surface area contributed by atoms with Crippen molar-refractivity contribution in [3.63, 3.8) is 0 Å². The van der Waals surface area contributed by atoms with E-state index >= 15 is 0 Å². The van der Waals surface area contributed by atoms with Crippen molar-refractivity contribution < 1.29 is 18.0 Å². The number of nitrogens with one attached hydrogen (secondary N) is 2. The molecule has 1 aliphatic heterocycles. The zero-order valence-electron chi connectivity index (χ0n) is 20.5. The molecular formula is C27H24F3N7O. The molecule has 2 N–H and O–H groups in total. The number of rotatable bonds is 4. The van der Waals surface area contributed by atoms with E-state index in [4.69, 9.17) is 0 Å². The van der Waals surface area contributed by atoms with Crippen LogP contribution in [0.25, 0.3) is 10.9 Å². The van der Waals surface area contributed by atoms with Crippen molar-refractivity contribution in [2.75, 3.05) is 38.5 Å². The quantitative estimate of drug-likeness (QED) is 0.399. The molecule has 3 aromatic heterocycles. The van der Waals surface area contributed by atoms with E-state index in [9.17, 15) is 18.0 Å². The number of benzene rings is 1. The van der Waals surface area contributed by atoms with Crippen molar-refractivity contribution in [1.29, 1.82) is 0 Å². The predicted molar refractivity (Wildman–Crippen MR) is 136 cm³/mol. The minimum absolute atomic E-state index is 0.0541. The molecule has 0 aliphatic carbocycles. The molecule has 0 spiro atoms. The Hall–Kier alpha value is -4.27. The van der Waals surface area contributed by atoms with Crippen LogP contribution in [-0.2, 0) is 12.7 Å². The smallest absolute Gasteiger partial charge is 0.322 e. The molecule has 5 rings (SSSR count). The van der Waals surface area contributed by atoms with Crippen molar-refractivity contribution in [2.24, 2.45) is 0 Å². The summed E-state index contributed by atoms with van der Waals surface area (Å²) < 4.78 is 41.6. The Morgan fingerprint density at radius 3 is 2.66 bits per heavy atom. The third-order valence-corrected chi connectivity index (χ3v) is 6.35. The number of alkyl halides is 3. The van der Waals surface area contributed by atoms with Crippen molar-refractivity contribution in [1.82, 2.24) is 30.0 Å². The van der Waals surface area contributed by atoms with Crippen LogP contribution in [0, 0.1) is 11.8 Å². The fourth-order valence-corrected chi connectivity index (χ4v) is 4.23. The van der Waals surface area contributed by atoms with E-state index in [1.54, 1.807) is 18.5 Å². The number of carbonyl (C=O) groups is 1. The van der Waals surface area contributed by atoms with Crippen LogP contribution in [0.15, 0.2) is 55.1 Å². The van der Waals surface area contributed by atoms with Gasteiger partial charge in [-0.2, -0.15) is 18.3 Å². The second kappa shape index (κ2) is 10.6. The largest absolute Gasteiger partial charge is 0.416 e. The Labute approximate surface area is 216 Å². The van der Waals surface area contributed by atoms with Crippen LogP contribution in [0.5, 0.6) is 0 Å². The number of amides is 1. The van der Waals surface area contributed by atoms with Crippen LogP contribution in [0.3, 0.4) is 0 Å². The Balaban J connectivity index is 1.32. The van der Waals surface area contributed by atoms with Gasteiger partial charge < -0.3 is 10.2 Å². The predicted octanol–water partition coefficient (Wildman–Crippen LogP) is 3.77. The van der Waals surface area contributed by atoms with Gasteiger partial charge in [0.15, 0.2) is 0 Å². The molecule has 8 nitrogen and oxygen atoms in total. The second-order valence-corrected chi connectivity index (χ2v) is 9.11. The number of halogens is 3. The number of nitrogens with zero attached hydrogens (tertiary/aromatic N) is 5. The first-order valence-corrected chi connectivity index (χ1v) is 11.9. The number of aromatic amines is 1. The molecule has 4 heterocycles. The lowest BCUT2D eigenvalue weighted by molar-refractivity contribution is -0.138. The molecule has 1 aliphatic rings. The first-order valence-electron chi connectivity index (χ1n) is 11.9. The Morgan fingerprint density at radius 2 is 1.87 bits per heavy atom. The molecule has 0 bridgehead atoms. The highest BCUT2D eigenvalue weighted by Gasteiger charge is 2.34. The second-order valence-electron chi connectivity index (χ2n) is 9.11. The van der Waals surface area contributed by atoms with Crippen molar-refractivity contribution in [2.45, 2.75) is 12.7 Å². The molecule has 11 heteroatoms. The fourth-order valence-electron chi connectivity index (χ4n) is 4.23. The molecule has 4 aromatic rings. The summed E-state index contributed by atoms with van der Waals surface area (Å²) >= 11 is 0. The highest BCUT2D eigenvalue weighted by molar-refractivity contribution is 6.04. The molecule has 0 radical (unpaired) electrons. The van der Waals surface area contributed by atoms with Gasteiger partial charge in [0.25, 0.3) is 5.91 Å². The lowest BCUT2D eigenvalue weighted by Gasteiger charge is -2.33. The topological polar surface area (TPSA) is 90.0 Å². The number of carbonyl (C=O) groups excluding carboxylic acids is 1. The van der Waals surface area contributed by atoms with Crippen LogP contribution in [0.2, 0.25) is 0 Å². The SMILES string of the molecule is CN1CCN(Cc2ccc(NC(=O)c3cncc(C#Cc4[nH]nc5cnccc45)c3)cc2C(F)(F)F)CC1. The first kappa shape index (κ1) is 25.4. The third-order valence-electron chi connectivity index (χ3n) is 6.35. The number of hydrogen-bond acceptors (Lipinski definition) is 6. The molecule has 0 unspecified atom stereocenters. The maximum atomic E-state index is 13.9. The standard InChI is InChI=1S/C27H24F3N7O/c1-36-8-10-37(11-9-36)17-19-3-4-21(13-23(19)27(28,29)30)33-26(38)20-12-18(14-32-15-20)2-5-24-22-6-7-31-16-25(22)35-34-24/h3-4,6-7,12-16H,8-11,17H2,1H3,(H,33,38)(H,34,35). The molecular weight excluding hydrogens is 495 g/mol. The molecule has 0 atom stereocenters. The van der Waals surface area contributed by atoms with E-state index in [1.165, 1.54) is 30.6 Å². The first-order chi connectivity index (χ1) is 18.3. The number of piperazine rings is 1. The van der Waals surface area contributed by atoms with Gasteiger partial charge in [-0.1, -0.05) is 12.0 Å². The van der Waals surface area contributed by atoms with Gasteiger partial charge in [-0.05, 0) is 42.8 Å². The van der Waals surface area contributed by atoms with Crippen LogP contribution in [-0.4, -0.2) is 69.1 Å². The maximum Gasteiger partial charge on any atom is 0.416 e. The Bertz CT molecular complexity index is 1530. The summed E-state index contributed by atoms with van der Waals surface area (Å²) in [6, 6.07) is 7.23. The van der Waals surface area contributed by atoms with E-state index < -0.39 is 17.6 Å². The highest BCUT2D eigenvalue weighted by Crippen LogP contribution is 2.34. The summed E-state index contributed by atoms with van der Waals surface area (Å²) in [6.07, 6.45) is 1.54. The number of likely N-dealkylation sites (N-methyl/N-ethyl adjacent to an activating group) is 1. The number of anilines is 1. The normalized spacial score (nSPS) is 14.7. The number of aromatic nitrogens is 4. The van der Waals surface area contributed by atoms with Gasteiger partial charge >= 0.3 is 6.18 Å². The number of pyridine rings is 2. The Kier molecular flexibility index (Phi) is 7.09. The van der Waals surface area contributed by atoms with E-state index in [0.29, 0.717) is 29.9 Å². The van der Waals surface area contributed by atoms with Gasteiger partial charge in [0.1, 0.15) is 11.2 Å².